The van der Waals surface area contributed by atoms with Crippen molar-refractivity contribution >= 4 is 12.0 Å². The Bertz CT molecular complexity index is 311. The van der Waals surface area contributed by atoms with Crippen molar-refractivity contribution in [2.75, 3.05) is 13.2 Å². The molecule has 15 heavy (non-hydrogen) atoms. The Kier molecular flexibility index (Phi) is 2.75. The van der Waals surface area contributed by atoms with Crippen molar-refractivity contribution in [1.29, 1.82) is 0 Å². The second-order valence-corrected chi connectivity index (χ2v) is 4.15. The van der Waals surface area contributed by atoms with Crippen molar-refractivity contribution in [3.63, 3.8) is 0 Å². The molecule has 2 amide bonds. The first-order chi connectivity index (χ1) is 7.18. The molecule has 1 unspecified atom stereocenters. The maximum Gasteiger partial charge on any atom is 0.416 e. The summed E-state index contributed by atoms with van der Waals surface area (Å²) in [4.78, 5) is 24.4. The molecule has 4 nitrogen and oxygen atoms in total. The summed E-state index contributed by atoms with van der Waals surface area (Å²) in [5.41, 5.74) is 1.12. The molecule has 1 atom stereocenters. The predicted octanol–water partition coefficient (Wildman–Crippen LogP) is 1.71. The van der Waals surface area contributed by atoms with E-state index in [0.717, 1.165) is 31.3 Å². The molecule has 1 aliphatic heterocycles. The van der Waals surface area contributed by atoms with Gasteiger partial charge in [-0.05, 0) is 25.7 Å². The molecule has 0 aromatic carbocycles. The van der Waals surface area contributed by atoms with E-state index in [9.17, 15) is 9.59 Å². The van der Waals surface area contributed by atoms with Crippen molar-refractivity contribution in [3.05, 3.63) is 12.2 Å². The van der Waals surface area contributed by atoms with Crippen molar-refractivity contribution < 1.29 is 14.3 Å². The van der Waals surface area contributed by atoms with Crippen LogP contribution < -0.4 is 0 Å². The Morgan fingerprint density at radius 3 is 2.93 bits per heavy atom. The number of hydrogen-bond donors (Lipinski definition) is 0. The summed E-state index contributed by atoms with van der Waals surface area (Å²) in [7, 11) is 0. The van der Waals surface area contributed by atoms with Gasteiger partial charge in [-0.25, -0.2) is 9.69 Å². The van der Waals surface area contributed by atoms with Crippen molar-refractivity contribution in [3.8, 4) is 0 Å². The van der Waals surface area contributed by atoms with Crippen LogP contribution in [0.5, 0.6) is 0 Å². The third-order valence-electron chi connectivity index (χ3n) is 2.99. The predicted molar refractivity (Wildman–Crippen MR) is 54.2 cm³/mol. The number of rotatable bonds is 1. The van der Waals surface area contributed by atoms with Crippen molar-refractivity contribution in [1.82, 2.24) is 4.90 Å². The molecule has 82 valence electrons. The summed E-state index contributed by atoms with van der Waals surface area (Å²) in [5.74, 6) is -0.143. The van der Waals surface area contributed by atoms with Crippen molar-refractivity contribution in [2.45, 2.75) is 25.7 Å². The molecule has 0 spiro atoms. The lowest BCUT2D eigenvalue weighted by Gasteiger charge is -2.24. The van der Waals surface area contributed by atoms with Gasteiger partial charge in [0.05, 0.1) is 6.54 Å². The lowest BCUT2D eigenvalue weighted by molar-refractivity contribution is -0.132. The number of imide groups is 1. The molecule has 1 saturated carbocycles. The van der Waals surface area contributed by atoms with Crippen LogP contribution in [0, 0.1) is 5.92 Å². The molecule has 4 heteroatoms. The monoisotopic (exact) mass is 209 g/mol. The molecule has 0 aromatic rings. The zero-order valence-electron chi connectivity index (χ0n) is 8.70. The third-order valence-corrected chi connectivity index (χ3v) is 2.99. The van der Waals surface area contributed by atoms with Gasteiger partial charge in [0.25, 0.3) is 0 Å². The Morgan fingerprint density at radius 2 is 2.33 bits per heavy atom. The maximum absolute atomic E-state index is 11.9. The van der Waals surface area contributed by atoms with E-state index < -0.39 is 6.09 Å². The maximum atomic E-state index is 11.9. The zero-order chi connectivity index (χ0) is 10.8. The minimum Gasteiger partial charge on any atom is -0.447 e. The fraction of sp³-hybridized carbons (Fsp3) is 0.636. The normalized spacial score (nSPS) is 26.7. The van der Waals surface area contributed by atoms with E-state index in [2.05, 4.69) is 6.58 Å². The van der Waals surface area contributed by atoms with E-state index in [0.29, 0.717) is 13.2 Å². The van der Waals surface area contributed by atoms with Gasteiger partial charge in [0, 0.05) is 5.92 Å². The molecule has 1 saturated heterocycles. The lowest BCUT2D eigenvalue weighted by atomic mass is 9.85. The van der Waals surface area contributed by atoms with Gasteiger partial charge in [0.1, 0.15) is 6.61 Å². The smallest absolute Gasteiger partial charge is 0.416 e. The lowest BCUT2D eigenvalue weighted by Crippen LogP contribution is -2.37. The second kappa shape index (κ2) is 4.04. The summed E-state index contributed by atoms with van der Waals surface area (Å²) in [5, 5.41) is 0. The fourth-order valence-corrected chi connectivity index (χ4v) is 2.18. The molecule has 0 bridgehead atoms. The van der Waals surface area contributed by atoms with Gasteiger partial charge in [-0.15, -0.1) is 0 Å². The zero-order valence-corrected chi connectivity index (χ0v) is 8.70. The number of ether oxygens (including phenoxy) is 1. The summed E-state index contributed by atoms with van der Waals surface area (Å²) in [6.07, 6.45) is 3.10. The number of amides is 2. The van der Waals surface area contributed by atoms with Crippen molar-refractivity contribution in [2.24, 2.45) is 5.92 Å². The molecule has 2 fully saturated rings. The fourth-order valence-electron chi connectivity index (χ4n) is 2.18. The van der Waals surface area contributed by atoms with Crippen LogP contribution in [0.15, 0.2) is 12.2 Å². The Labute approximate surface area is 88.9 Å². The molecule has 0 N–H and O–H groups in total. The average molecular weight is 209 g/mol. The molecule has 2 aliphatic rings. The number of hydrogen-bond acceptors (Lipinski definition) is 3. The van der Waals surface area contributed by atoms with Gasteiger partial charge in [-0.1, -0.05) is 12.2 Å². The molecule has 0 aromatic heterocycles. The van der Waals surface area contributed by atoms with E-state index in [-0.39, 0.29) is 11.8 Å². The van der Waals surface area contributed by atoms with E-state index >= 15 is 0 Å². The number of cyclic esters (lactones) is 1. The highest BCUT2D eigenvalue weighted by Gasteiger charge is 2.34. The second-order valence-electron chi connectivity index (χ2n) is 4.15. The Morgan fingerprint density at radius 1 is 1.53 bits per heavy atom. The first kappa shape index (κ1) is 10.2. The summed E-state index contributed by atoms with van der Waals surface area (Å²) in [6, 6.07) is 0. The molecule has 2 rings (SSSR count). The van der Waals surface area contributed by atoms with Crippen LogP contribution in [0.25, 0.3) is 0 Å². The molecule has 1 heterocycles. The van der Waals surface area contributed by atoms with Gasteiger partial charge < -0.3 is 4.74 Å². The summed E-state index contributed by atoms with van der Waals surface area (Å²) in [6.45, 7) is 4.64. The highest BCUT2D eigenvalue weighted by molar-refractivity contribution is 5.94. The first-order valence-corrected chi connectivity index (χ1v) is 5.33. The number of carbonyl (C=O) groups is 2. The highest BCUT2D eigenvalue weighted by Crippen LogP contribution is 2.29. The van der Waals surface area contributed by atoms with E-state index in [1.165, 1.54) is 4.90 Å². The standard InChI is InChI=1S/C11H15NO3/c1-8-3-2-4-9(7-8)10(13)12-5-6-15-11(12)14/h9H,1-7H2. The van der Waals surface area contributed by atoms with Crippen LogP contribution in [0.3, 0.4) is 0 Å². The van der Waals surface area contributed by atoms with E-state index in [1.54, 1.807) is 0 Å². The Hall–Kier alpha value is -1.32. The first-order valence-electron chi connectivity index (χ1n) is 5.33. The van der Waals surface area contributed by atoms with Gasteiger partial charge in [-0.2, -0.15) is 0 Å². The van der Waals surface area contributed by atoms with Gasteiger partial charge in [0.15, 0.2) is 0 Å². The van der Waals surface area contributed by atoms with Crippen LogP contribution in [0.1, 0.15) is 25.7 Å². The highest BCUT2D eigenvalue weighted by atomic mass is 16.6. The Balaban J connectivity index is 2.00. The van der Waals surface area contributed by atoms with E-state index in [1.807, 2.05) is 0 Å². The molecular weight excluding hydrogens is 194 g/mol. The SMILES string of the molecule is C=C1CCCC(C(=O)N2CCOC2=O)C1. The largest absolute Gasteiger partial charge is 0.447 e. The van der Waals surface area contributed by atoms with Crippen LogP contribution >= 0.6 is 0 Å². The number of nitrogens with zero attached hydrogens (tertiary/aromatic N) is 1. The van der Waals surface area contributed by atoms with Crippen LogP contribution in [0.4, 0.5) is 4.79 Å². The minimum atomic E-state index is -0.490. The molecular formula is C11H15NO3. The topological polar surface area (TPSA) is 46.6 Å². The number of allylic oxidation sites excluding steroid dienone is 1. The van der Waals surface area contributed by atoms with Crippen LogP contribution in [0.2, 0.25) is 0 Å². The summed E-state index contributed by atoms with van der Waals surface area (Å²) < 4.78 is 4.75. The third kappa shape index (κ3) is 2.03. The van der Waals surface area contributed by atoms with Gasteiger partial charge in [0.2, 0.25) is 5.91 Å². The molecule has 0 radical (unpaired) electrons. The van der Waals surface area contributed by atoms with E-state index in [4.69, 9.17) is 4.74 Å². The molecule has 1 aliphatic carbocycles. The van der Waals surface area contributed by atoms with Crippen LogP contribution in [-0.2, 0) is 9.53 Å². The van der Waals surface area contributed by atoms with Gasteiger partial charge in [-0.3, -0.25) is 4.79 Å². The average Bonchev–Trinajstić information content (AvgIpc) is 2.63. The number of carbonyl (C=O) groups excluding carboxylic acids is 2. The van der Waals surface area contributed by atoms with Crippen LogP contribution in [-0.4, -0.2) is 30.1 Å². The van der Waals surface area contributed by atoms with Gasteiger partial charge >= 0.3 is 6.09 Å². The summed E-state index contributed by atoms with van der Waals surface area (Å²) >= 11 is 0. The minimum absolute atomic E-state index is 0.0584. The quantitative estimate of drug-likeness (QED) is 0.618.